The molecule has 0 unspecified atom stereocenters. The topological polar surface area (TPSA) is 75.6 Å². The highest BCUT2D eigenvalue weighted by molar-refractivity contribution is 5.84. The third-order valence-electron chi connectivity index (χ3n) is 3.01. The summed E-state index contributed by atoms with van der Waals surface area (Å²) in [6.45, 7) is 4.40. The van der Waals surface area contributed by atoms with Gasteiger partial charge in [0, 0.05) is 0 Å². The van der Waals surface area contributed by atoms with Gasteiger partial charge in [-0.1, -0.05) is 26.7 Å². The monoisotopic (exact) mass is 243 g/mol. The fourth-order valence-corrected chi connectivity index (χ4v) is 2.10. The van der Waals surface area contributed by atoms with E-state index in [1.165, 1.54) is 0 Å². The highest BCUT2D eigenvalue weighted by atomic mass is 16.7. The van der Waals surface area contributed by atoms with E-state index >= 15 is 0 Å². The summed E-state index contributed by atoms with van der Waals surface area (Å²) < 4.78 is 0. The second-order valence-corrected chi connectivity index (χ2v) is 5.01. The number of carboxylic acid groups (broad SMARTS) is 1. The normalized spacial score (nSPS) is 24.6. The van der Waals surface area contributed by atoms with Gasteiger partial charge in [0.2, 0.25) is 5.91 Å². The predicted molar refractivity (Wildman–Crippen MR) is 62.0 cm³/mol. The molecule has 5 nitrogen and oxygen atoms in total. The van der Waals surface area contributed by atoms with Gasteiger partial charge in [-0.3, -0.25) is 14.4 Å². The minimum Gasteiger partial charge on any atom is -0.481 e. The molecule has 5 heteroatoms. The van der Waals surface area contributed by atoms with Gasteiger partial charge in [-0.05, 0) is 18.8 Å². The summed E-state index contributed by atoms with van der Waals surface area (Å²) in [6.07, 6.45) is 3.01. The van der Waals surface area contributed by atoms with E-state index in [1.54, 1.807) is 0 Å². The van der Waals surface area contributed by atoms with Crippen molar-refractivity contribution in [1.82, 2.24) is 5.48 Å². The maximum absolute atomic E-state index is 11.8. The van der Waals surface area contributed by atoms with Gasteiger partial charge in [0.05, 0.1) is 18.4 Å². The van der Waals surface area contributed by atoms with E-state index in [0.717, 1.165) is 12.8 Å². The first-order chi connectivity index (χ1) is 8.02. The number of hydroxylamine groups is 1. The summed E-state index contributed by atoms with van der Waals surface area (Å²) in [5.41, 5.74) is 2.37. The van der Waals surface area contributed by atoms with Gasteiger partial charge >= 0.3 is 5.97 Å². The lowest BCUT2D eigenvalue weighted by atomic mass is 9.79. The van der Waals surface area contributed by atoms with Gasteiger partial charge in [0.15, 0.2) is 0 Å². The number of carbonyl (C=O) groups is 2. The molecule has 0 spiro atoms. The Labute approximate surface area is 101 Å². The minimum atomic E-state index is -0.881. The molecule has 0 radical (unpaired) electrons. The number of rotatable bonds is 5. The van der Waals surface area contributed by atoms with E-state index < -0.39 is 17.8 Å². The number of carbonyl (C=O) groups excluding carboxylic acids is 1. The summed E-state index contributed by atoms with van der Waals surface area (Å²) in [4.78, 5) is 27.9. The van der Waals surface area contributed by atoms with Gasteiger partial charge in [-0.25, -0.2) is 5.48 Å². The third-order valence-corrected chi connectivity index (χ3v) is 3.01. The number of carboxylic acids is 1. The number of nitrogens with one attached hydrogen (secondary N) is 1. The molecular formula is C12H21NO4. The van der Waals surface area contributed by atoms with Crippen LogP contribution >= 0.6 is 0 Å². The summed E-state index contributed by atoms with van der Waals surface area (Å²) >= 11 is 0. The van der Waals surface area contributed by atoms with Crippen molar-refractivity contribution in [1.29, 1.82) is 0 Å². The average Bonchev–Trinajstić information content (AvgIpc) is 2.28. The van der Waals surface area contributed by atoms with Crippen LogP contribution in [-0.2, 0) is 14.4 Å². The van der Waals surface area contributed by atoms with Gasteiger partial charge < -0.3 is 5.11 Å². The van der Waals surface area contributed by atoms with Crippen molar-refractivity contribution in [3.05, 3.63) is 0 Å². The summed E-state index contributed by atoms with van der Waals surface area (Å²) in [6, 6.07) is 0. The first-order valence-corrected chi connectivity index (χ1v) is 6.16. The highest BCUT2D eigenvalue weighted by Crippen LogP contribution is 2.30. The zero-order valence-corrected chi connectivity index (χ0v) is 10.4. The second kappa shape index (κ2) is 6.59. The van der Waals surface area contributed by atoms with E-state index in [1.807, 2.05) is 13.8 Å². The van der Waals surface area contributed by atoms with Crippen LogP contribution in [0.25, 0.3) is 0 Å². The van der Waals surface area contributed by atoms with Crippen molar-refractivity contribution in [3.8, 4) is 0 Å². The van der Waals surface area contributed by atoms with Crippen molar-refractivity contribution >= 4 is 11.9 Å². The number of amides is 1. The Morgan fingerprint density at radius 1 is 1.29 bits per heavy atom. The molecule has 1 aliphatic rings. The van der Waals surface area contributed by atoms with E-state index in [0.29, 0.717) is 25.4 Å². The molecule has 1 fully saturated rings. The standard InChI is InChI=1S/C12H21NO4/c1-8(2)7-17-13-11(14)9-5-3-4-6-10(9)12(15)16/h8-10H,3-7H2,1-2H3,(H,13,14)(H,15,16)/t9-,10+/m1/s1. The lowest BCUT2D eigenvalue weighted by Crippen LogP contribution is -2.40. The molecule has 0 heterocycles. The van der Waals surface area contributed by atoms with Crippen molar-refractivity contribution in [2.24, 2.45) is 17.8 Å². The number of hydrogen-bond acceptors (Lipinski definition) is 3. The molecule has 0 saturated heterocycles. The maximum atomic E-state index is 11.8. The van der Waals surface area contributed by atoms with E-state index in [4.69, 9.17) is 9.94 Å². The Morgan fingerprint density at radius 2 is 1.88 bits per heavy atom. The first kappa shape index (κ1) is 14.0. The zero-order chi connectivity index (χ0) is 12.8. The second-order valence-electron chi connectivity index (χ2n) is 5.01. The molecule has 0 aromatic rings. The Hall–Kier alpha value is -1.10. The Morgan fingerprint density at radius 3 is 2.41 bits per heavy atom. The van der Waals surface area contributed by atoms with Gasteiger partial charge in [0.1, 0.15) is 0 Å². The molecule has 2 atom stereocenters. The van der Waals surface area contributed by atoms with Crippen LogP contribution in [0.5, 0.6) is 0 Å². The van der Waals surface area contributed by atoms with Crippen molar-refractivity contribution in [3.63, 3.8) is 0 Å². The molecule has 1 aliphatic carbocycles. The van der Waals surface area contributed by atoms with E-state index in [9.17, 15) is 9.59 Å². The molecule has 1 saturated carbocycles. The highest BCUT2D eigenvalue weighted by Gasteiger charge is 2.35. The fraction of sp³-hybridized carbons (Fsp3) is 0.833. The van der Waals surface area contributed by atoms with Crippen LogP contribution in [0.1, 0.15) is 39.5 Å². The smallest absolute Gasteiger partial charge is 0.307 e. The minimum absolute atomic E-state index is 0.294. The molecule has 0 aromatic carbocycles. The van der Waals surface area contributed by atoms with Crippen LogP contribution < -0.4 is 5.48 Å². The van der Waals surface area contributed by atoms with Crippen molar-refractivity contribution in [2.75, 3.05) is 6.61 Å². The Kier molecular flexibility index (Phi) is 5.41. The summed E-state index contributed by atoms with van der Waals surface area (Å²) in [5, 5.41) is 9.05. The molecule has 0 bridgehead atoms. The summed E-state index contributed by atoms with van der Waals surface area (Å²) in [7, 11) is 0. The Balaban J connectivity index is 2.45. The van der Waals surface area contributed by atoms with Gasteiger partial charge in [-0.15, -0.1) is 0 Å². The van der Waals surface area contributed by atoms with Crippen LogP contribution in [0, 0.1) is 17.8 Å². The zero-order valence-electron chi connectivity index (χ0n) is 10.4. The summed E-state index contributed by atoms with van der Waals surface area (Å²) in [5.74, 6) is -1.86. The van der Waals surface area contributed by atoms with Crippen LogP contribution in [-0.4, -0.2) is 23.6 Å². The van der Waals surface area contributed by atoms with Crippen LogP contribution in [0.15, 0.2) is 0 Å². The molecule has 0 aromatic heterocycles. The lowest BCUT2D eigenvalue weighted by molar-refractivity contribution is -0.153. The Bertz CT molecular complexity index is 278. The third kappa shape index (κ3) is 4.34. The molecule has 17 heavy (non-hydrogen) atoms. The van der Waals surface area contributed by atoms with Crippen molar-refractivity contribution < 1.29 is 19.5 Å². The number of aliphatic carboxylic acids is 1. The first-order valence-electron chi connectivity index (χ1n) is 6.16. The van der Waals surface area contributed by atoms with E-state index in [-0.39, 0.29) is 5.91 Å². The largest absolute Gasteiger partial charge is 0.481 e. The van der Waals surface area contributed by atoms with Crippen LogP contribution in [0.2, 0.25) is 0 Å². The van der Waals surface area contributed by atoms with Gasteiger partial charge in [0.25, 0.3) is 0 Å². The molecule has 98 valence electrons. The molecule has 1 rings (SSSR count). The lowest BCUT2D eigenvalue weighted by Gasteiger charge is -2.27. The average molecular weight is 243 g/mol. The number of hydrogen-bond donors (Lipinski definition) is 2. The molecule has 0 aliphatic heterocycles. The molecule has 2 N–H and O–H groups in total. The fourth-order valence-electron chi connectivity index (χ4n) is 2.10. The van der Waals surface area contributed by atoms with Crippen LogP contribution in [0.4, 0.5) is 0 Å². The van der Waals surface area contributed by atoms with E-state index in [2.05, 4.69) is 5.48 Å². The maximum Gasteiger partial charge on any atom is 0.307 e. The van der Waals surface area contributed by atoms with Gasteiger partial charge in [-0.2, -0.15) is 0 Å². The van der Waals surface area contributed by atoms with Crippen LogP contribution in [0.3, 0.4) is 0 Å². The quantitative estimate of drug-likeness (QED) is 0.719. The van der Waals surface area contributed by atoms with Crippen molar-refractivity contribution in [2.45, 2.75) is 39.5 Å². The SMILES string of the molecule is CC(C)CONC(=O)[C@@H]1CCCC[C@@H]1C(=O)O. The molecular weight excluding hydrogens is 222 g/mol. The molecule has 1 amide bonds. The predicted octanol–water partition coefficient (Wildman–Crippen LogP) is 1.58.